The molecule has 2 nitrogen and oxygen atoms in total. The average Bonchev–Trinajstić information content (AvgIpc) is 2.66. The van der Waals surface area contributed by atoms with Crippen LogP contribution in [0.3, 0.4) is 0 Å². The Balaban J connectivity index is 1.61. The number of ether oxygens (including phenoxy) is 1. The van der Waals surface area contributed by atoms with Gasteiger partial charge >= 0.3 is 0 Å². The molecule has 4 rings (SSSR count). The largest absolute Gasteiger partial charge is 0.490 e. The Morgan fingerprint density at radius 3 is 2.65 bits per heavy atom. The van der Waals surface area contributed by atoms with E-state index in [1.54, 1.807) is 0 Å². The fourth-order valence-electron chi connectivity index (χ4n) is 3.30. The summed E-state index contributed by atoms with van der Waals surface area (Å²) in [6.45, 7) is 2.50. The van der Waals surface area contributed by atoms with Gasteiger partial charge < -0.3 is 9.64 Å². The van der Waals surface area contributed by atoms with Crippen LogP contribution in [0.2, 0.25) is 5.02 Å². The van der Waals surface area contributed by atoms with Crippen LogP contribution < -0.4 is 9.64 Å². The van der Waals surface area contributed by atoms with Crippen LogP contribution in [0.4, 0.5) is 5.69 Å². The molecule has 0 aliphatic carbocycles. The number of nitrogens with zero attached hydrogens (tertiary/aromatic N) is 1. The van der Waals surface area contributed by atoms with E-state index in [0.717, 1.165) is 52.6 Å². The van der Waals surface area contributed by atoms with Crippen LogP contribution in [0, 0.1) is 0 Å². The first-order valence-corrected chi connectivity index (χ1v) is 9.85. The van der Waals surface area contributed by atoms with Crippen molar-refractivity contribution in [3.05, 3.63) is 92.9 Å². The minimum absolute atomic E-state index is 0.719. The molecule has 0 unspecified atom stereocenters. The average molecular weight is 429 g/mol. The van der Waals surface area contributed by atoms with Crippen LogP contribution in [-0.4, -0.2) is 13.2 Å². The van der Waals surface area contributed by atoms with Crippen molar-refractivity contribution in [2.45, 2.75) is 13.0 Å². The van der Waals surface area contributed by atoms with Gasteiger partial charge in [0.1, 0.15) is 12.4 Å². The van der Waals surface area contributed by atoms with Crippen molar-refractivity contribution in [2.24, 2.45) is 0 Å². The monoisotopic (exact) mass is 427 g/mol. The predicted octanol–water partition coefficient (Wildman–Crippen LogP) is 6.09. The van der Waals surface area contributed by atoms with Crippen molar-refractivity contribution in [2.75, 3.05) is 18.1 Å². The van der Waals surface area contributed by atoms with Gasteiger partial charge in [-0.25, -0.2) is 0 Å². The number of halogens is 2. The summed E-state index contributed by atoms with van der Waals surface area (Å²) in [5.74, 6) is 0.955. The molecule has 0 spiro atoms. The standard InChI is InChI=1S/C22H19BrClNO/c23-19-7-8-20(24)18(14-19)12-17-6-9-22-21(13-17)25(10-11-26-22)15-16-4-2-1-3-5-16/h1-9,13-14H,10-12,15H2. The Labute approximate surface area is 167 Å². The summed E-state index contributed by atoms with van der Waals surface area (Å²) in [4.78, 5) is 2.39. The Kier molecular flexibility index (Phi) is 5.18. The maximum Gasteiger partial charge on any atom is 0.142 e. The maximum atomic E-state index is 6.37. The van der Waals surface area contributed by atoms with E-state index in [1.165, 1.54) is 11.1 Å². The van der Waals surface area contributed by atoms with Gasteiger partial charge in [-0.1, -0.05) is 63.9 Å². The van der Waals surface area contributed by atoms with Gasteiger partial charge in [-0.15, -0.1) is 0 Å². The molecule has 26 heavy (non-hydrogen) atoms. The molecule has 0 N–H and O–H groups in total. The first-order valence-electron chi connectivity index (χ1n) is 8.67. The van der Waals surface area contributed by atoms with Crippen LogP contribution in [-0.2, 0) is 13.0 Å². The van der Waals surface area contributed by atoms with Crippen molar-refractivity contribution in [3.8, 4) is 5.75 Å². The predicted molar refractivity (Wildman–Crippen MR) is 111 cm³/mol. The van der Waals surface area contributed by atoms with Crippen LogP contribution in [0.5, 0.6) is 5.75 Å². The highest BCUT2D eigenvalue weighted by atomic mass is 79.9. The lowest BCUT2D eigenvalue weighted by Gasteiger charge is -2.31. The highest BCUT2D eigenvalue weighted by molar-refractivity contribution is 9.10. The van der Waals surface area contributed by atoms with E-state index in [-0.39, 0.29) is 0 Å². The summed E-state index contributed by atoms with van der Waals surface area (Å²) < 4.78 is 6.91. The topological polar surface area (TPSA) is 12.5 Å². The highest BCUT2D eigenvalue weighted by Gasteiger charge is 2.19. The lowest BCUT2D eigenvalue weighted by Crippen LogP contribution is -2.32. The zero-order valence-electron chi connectivity index (χ0n) is 14.3. The Bertz CT molecular complexity index is 913. The van der Waals surface area contributed by atoms with E-state index in [9.17, 15) is 0 Å². The number of anilines is 1. The van der Waals surface area contributed by atoms with Crippen molar-refractivity contribution in [1.82, 2.24) is 0 Å². The van der Waals surface area contributed by atoms with E-state index < -0.39 is 0 Å². The zero-order chi connectivity index (χ0) is 17.9. The zero-order valence-corrected chi connectivity index (χ0v) is 16.6. The van der Waals surface area contributed by atoms with Gasteiger partial charge in [-0.05, 0) is 53.4 Å². The summed E-state index contributed by atoms with van der Waals surface area (Å²) in [7, 11) is 0. The summed E-state index contributed by atoms with van der Waals surface area (Å²) in [6, 6.07) is 23.0. The summed E-state index contributed by atoms with van der Waals surface area (Å²) in [5.41, 5.74) is 4.81. The lowest BCUT2D eigenvalue weighted by molar-refractivity contribution is 0.307. The number of hydrogen-bond donors (Lipinski definition) is 0. The third kappa shape index (κ3) is 3.89. The Morgan fingerprint density at radius 2 is 1.81 bits per heavy atom. The molecule has 0 saturated heterocycles. The molecule has 0 radical (unpaired) electrons. The molecule has 1 aliphatic heterocycles. The molecule has 1 heterocycles. The SMILES string of the molecule is Clc1ccc(Br)cc1Cc1ccc2c(c1)N(Cc1ccccc1)CCO2. The normalized spacial score (nSPS) is 13.2. The molecule has 3 aromatic rings. The van der Waals surface area contributed by atoms with E-state index in [2.05, 4.69) is 75.4 Å². The Morgan fingerprint density at radius 1 is 0.962 bits per heavy atom. The highest BCUT2D eigenvalue weighted by Crippen LogP contribution is 2.34. The van der Waals surface area contributed by atoms with Crippen LogP contribution in [0.1, 0.15) is 16.7 Å². The first-order chi connectivity index (χ1) is 12.7. The second-order valence-electron chi connectivity index (χ2n) is 6.47. The van der Waals surface area contributed by atoms with Gasteiger partial charge in [0.15, 0.2) is 0 Å². The molecule has 3 aromatic carbocycles. The third-order valence-electron chi connectivity index (χ3n) is 4.60. The van der Waals surface area contributed by atoms with Crippen molar-refractivity contribution >= 4 is 33.2 Å². The minimum atomic E-state index is 0.719. The summed E-state index contributed by atoms with van der Waals surface area (Å²) in [6.07, 6.45) is 0.796. The number of rotatable bonds is 4. The molecule has 0 bridgehead atoms. The minimum Gasteiger partial charge on any atom is -0.490 e. The molecule has 0 amide bonds. The van der Waals surface area contributed by atoms with Gasteiger partial charge in [0.25, 0.3) is 0 Å². The first kappa shape index (κ1) is 17.4. The molecule has 132 valence electrons. The number of benzene rings is 3. The van der Waals surface area contributed by atoms with Crippen LogP contribution in [0.25, 0.3) is 0 Å². The molecule has 0 saturated carbocycles. The Hall–Kier alpha value is -1.97. The fourth-order valence-corrected chi connectivity index (χ4v) is 3.89. The van der Waals surface area contributed by atoms with E-state index in [1.807, 2.05) is 12.1 Å². The number of hydrogen-bond acceptors (Lipinski definition) is 2. The van der Waals surface area contributed by atoms with Gasteiger partial charge in [-0.2, -0.15) is 0 Å². The number of fused-ring (bicyclic) bond motifs is 1. The van der Waals surface area contributed by atoms with Crippen molar-refractivity contribution in [3.63, 3.8) is 0 Å². The molecular formula is C22H19BrClNO. The van der Waals surface area contributed by atoms with Gasteiger partial charge in [0.05, 0.1) is 12.2 Å². The van der Waals surface area contributed by atoms with Gasteiger partial charge in [0.2, 0.25) is 0 Å². The molecule has 0 fully saturated rings. The second-order valence-corrected chi connectivity index (χ2v) is 7.79. The molecular weight excluding hydrogens is 410 g/mol. The molecule has 4 heteroatoms. The second kappa shape index (κ2) is 7.73. The summed E-state index contributed by atoms with van der Waals surface area (Å²) >= 11 is 9.90. The van der Waals surface area contributed by atoms with E-state index >= 15 is 0 Å². The fraction of sp³-hybridized carbons (Fsp3) is 0.182. The quantitative estimate of drug-likeness (QED) is 0.498. The van der Waals surface area contributed by atoms with Gasteiger partial charge in [0, 0.05) is 16.0 Å². The van der Waals surface area contributed by atoms with E-state index in [0.29, 0.717) is 0 Å². The van der Waals surface area contributed by atoms with Gasteiger partial charge in [-0.3, -0.25) is 0 Å². The molecule has 1 aliphatic rings. The molecule has 0 atom stereocenters. The van der Waals surface area contributed by atoms with Crippen LogP contribution >= 0.6 is 27.5 Å². The smallest absolute Gasteiger partial charge is 0.142 e. The van der Waals surface area contributed by atoms with Crippen LogP contribution in [0.15, 0.2) is 71.2 Å². The lowest BCUT2D eigenvalue weighted by atomic mass is 10.0. The summed E-state index contributed by atoms with van der Waals surface area (Å²) in [5, 5.41) is 0.795. The molecule has 0 aromatic heterocycles. The maximum absolute atomic E-state index is 6.37. The van der Waals surface area contributed by atoms with E-state index in [4.69, 9.17) is 16.3 Å². The third-order valence-corrected chi connectivity index (χ3v) is 5.46. The van der Waals surface area contributed by atoms with Crippen molar-refractivity contribution < 1.29 is 4.74 Å². The van der Waals surface area contributed by atoms with Crippen molar-refractivity contribution in [1.29, 1.82) is 0 Å².